The van der Waals surface area contributed by atoms with Gasteiger partial charge < -0.3 is 10.6 Å². The molecule has 3 N–H and O–H groups in total. The van der Waals surface area contributed by atoms with Gasteiger partial charge in [0.15, 0.2) is 5.82 Å². The normalized spacial score (nSPS) is 14.6. The van der Waals surface area contributed by atoms with Crippen LogP contribution in [0.2, 0.25) is 0 Å². The van der Waals surface area contributed by atoms with Crippen molar-refractivity contribution in [1.29, 1.82) is 0 Å². The Morgan fingerprint density at radius 1 is 1.07 bits per heavy atom. The number of nitrogens with one attached hydrogen (secondary N) is 3. The lowest BCUT2D eigenvalue weighted by atomic mass is 10.1. The van der Waals surface area contributed by atoms with Crippen molar-refractivity contribution in [1.82, 2.24) is 20.2 Å². The summed E-state index contributed by atoms with van der Waals surface area (Å²) in [5.41, 5.74) is 4.09. The standard InChI is InChI=1S/C23H23FN6/c1-13-3-10-18-20(11-13)26-23(25-14(2)15-6-8-17(24)9-7-15)28-22(18)27-21-12-19(29-30-21)16-4-5-16/h3,6-12,14,16H,4-5H2,1-2H3,(H3,25,26,27,28,29,30)/t14-/m0/s1. The van der Waals surface area contributed by atoms with E-state index in [2.05, 4.69) is 20.8 Å². The number of fused-ring (bicyclic) bond motifs is 1. The highest BCUT2D eigenvalue weighted by molar-refractivity contribution is 5.92. The van der Waals surface area contributed by atoms with E-state index < -0.39 is 0 Å². The predicted octanol–water partition coefficient (Wildman–Crippen LogP) is 5.59. The molecule has 152 valence electrons. The summed E-state index contributed by atoms with van der Waals surface area (Å²) in [5, 5.41) is 15.1. The van der Waals surface area contributed by atoms with Crippen LogP contribution in [0, 0.1) is 12.7 Å². The summed E-state index contributed by atoms with van der Waals surface area (Å²) in [6.45, 7) is 4.04. The topological polar surface area (TPSA) is 78.5 Å². The SMILES string of the molecule is Cc1ccc2c(Nc3cc(C4CC4)[nH]n3)nc(N[C@@H](C)c3ccc(F)cc3)nc2c1. The second-order valence-corrected chi connectivity index (χ2v) is 7.94. The largest absolute Gasteiger partial charge is 0.348 e. The first kappa shape index (κ1) is 18.5. The van der Waals surface area contributed by atoms with Crippen molar-refractivity contribution >= 4 is 28.5 Å². The molecule has 0 saturated heterocycles. The molecule has 0 bridgehead atoms. The van der Waals surface area contributed by atoms with E-state index in [1.807, 2.05) is 38.1 Å². The van der Waals surface area contributed by atoms with Crippen LogP contribution in [0.5, 0.6) is 0 Å². The number of hydrogen-bond acceptors (Lipinski definition) is 5. The lowest BCUT2D eigenvalue weighted by molar-refractivity contribution is 0.626. The first-order valence-electron chi connectivity index (χ1n) is 10.2. The van der Waals surface area contributed by atoms with Crippen molar-refractivity contribution in [3.8, 4) is 0 Å². The van der Waals surface area contributed by atoms with Gasteiger partial charge in [0.2, 0.25) is 5.95 Å². The summed E-state index contributed by atoms with van der Waals surface area (Å²) in [6.07, 6.45) is 2.43. The van der Waals surface area contributed by atoms with Crippen LogP contribution in [0.25, 0.3) is 10.9 Å². The maximum atomic E-state index is 13.2. The average molecular weight is 402 g/mol. The van der Waals surface area contributed by atoms with Crippen LogP contribution in [0.3, 0.4) is 0 Å². The Balaban J connectivity index is 1.47. The molecule has 7 heteroatoms. The molecule has 1 aliphatic carbocycles. The van der Waals surface area contributed by atoms with Crippen molar-refractivity contribution in [2.75, 3.05) is 10.6 Å². The molecule has 6 nitrogen and oxygen atoms in total. The maximum absolute atomic E-state index is 13.2. The second kappa shape index (κ2) is 7.40. The van der Waals surface area contributed by atoms with E-state index in [-0.39, 0.29) is 11.9 Å². The van der Waals surface area contributed by atoms with E-state index in [0.29, 0.717) is 17.7 Å². The molecule has 1 fully saturated rings. The van der Waals surface area contributed by atoms with Gasteiger partial charge in [0.25, 0.3) is 0 Å². The Hall–Kier alpha value is -3.48. The molecule has 1 aliphatic rings. The zero-order chi connectivity index (χ0) is 20.7. The third-order valence-electron chi connectivity index (χ3n) is 5.43. The Kier molecular flexibility index (Phi) is 4.58. The zero-order valence-electron chi connectivity index (χ0n) is 16.9. The summed E-state index contributed by atoms with van der Waals surface area (Å²) in [4.78, 5) is 9.42. The Labute approximate surface area is 174 Å². The summed E-state index contributed by atoms with van der Waals surface area (Å²) in [6, 6.07) is 14.5. The van der Waals surface area contributed by atoms with Crippen molar-refractivity contribution in [2.24, 2.45) is 0 Å². The minimum Gasteiger partial charge on any atom is -0.348 e. The molecule has 1 atom stereocenters. The van der Waals surface area contributed by atoms with E-state index in [4.69, 9.17) is 9.97 Å². The fourth-order valence-electron chi connectivity index (χ4n) is 3.55. The van der Waals surface area contributed by atoms with Gasteiger partial charge in [-0.25, -0.2) is 9.37 Å². The van der Waals surface area contributed by atoms with Gasteiger partial charge in [0, 0.05) is 23.1 Å². The highest BCUT2D eigenvalue weighted by atomic mass is 19.1. The molecule has 0 radical (unpaired) electrons. The van der Waals surface area contributed by atoms with Gasteiger partial charge in [-0.15, -0.1) is 0 Å². The fourth-order valence-corrected chi connectivity index (χ4v) is 3.55. The van der Waals surface area contributed by atoms with Crippen LogP contribution >= 0.6 is 0 Å². The fraction of sp³-hybridized carbons (Fsp3) is 0.261. The van der Waals surface area contributed by atoms with Crippen LogP contribution < -0.4 is 10.6 Å². The van der Waals surface area contributed by atoms with Crippen LogP contribution in [0.4, 0.5) is 22.0 Å². The number of aromatic nitrogens is 4. The molecule has 0 unspecified atom stereocenters. The van der Waals surface area contributed by atoms with Gasteiger partial charge >= 0.3 is 0 Å². The quantitative estimate of drug-likeness (QED) is 0.392. The van der Waals surface area contributed by atoms with Gasteiger partial charge in [-0.1, -0.05) is 18.2 Å². The van der Waals surface area contributed by atoms with Crippen LogP contribution in [-0.4, -0.2) is 20.2 Å². The monoisotopic (exact) mass is 402 g/mol. The van der Waals surface area contributed by atoms with Crippen molar-refractivity contribution in [3.05, 3.63) is 71.2 Å². The number of rotatable bonds is 6. The van der Waals surface area contributed by atoms with Crippen molar-refractivity contribution in [3.63, 3.8) is 0 Å². The summed E-state index contributed by atoms with van der Waals surface area (Å²) in [5.74, 6) is 2.30. The van der Waals surface area contributed by atoms with Crippen LogP contribution in [0.1, 0.15) is 48.5 Å². The van der Waals surface area contributed by atoms with E-state index in [1.54, 1.807) is 12.1 Å². The second-order valence-electron chi connectivity index (χ2n) is 7.94. The minimum absolute atomic E-state index is 0.0763. The number of aryl methyl sites for hydroxylation is 1. The Bertz CT molecular complexity index is 1200. The minimum atomic E-state index is -0.251. The molecular weight excluding hydrogens is 379 g/mol. The number of hydrogen-bond donors (Lipinski definition) is 3. The van der Waals surface area contributed by atoms with E-state index in [1.165, 1.54) is 25.0 Å². The van der Waals surface area contributed by atoms with Gasteiger partial charge in [-0.05, 0) is 62.1 Å². The molecule has 2 aromatic heterocycles. The highest BCUT2D eigenvalue weighted by Crippen LogP contribution is 2.40. The molecule has 5 rings (SSSR count). The maximum Gasteiger partial charge on any atom is 0.225 e. The predicted molar refractivity (Wildman–Crippen MR) is 117 cm³/mol. The van der Waals surface area contributed by atoms with E-state index in [9.17, 15) is 4.39 Å². The molecule has 30 heavy (non-hydrogen) atoms. The molecular formula is C23H23FN6. The average Bonchev–Trinajstić information content (AvgIpc) is 3.47. The van der Waals surface area contributed by atoms with E-state index in [0.717, 1.165) is 33.5 Å². The number of aromatic amines is 1. The van der Waals surface area contributed by atoms with Crippen LogP contribution in [-0.2, 0) is 0 Å². The Morgan fingerprint density at radius 3 is 2.63 bits per heavy atom. The molecule has 0 amide bonds. The lowest BCUT2D eigenvalue weighted by Gasteiger charge is -2.16. The van der Waals surface area contributed by atoms with Gasteiger partial charge in [0.05, 0.1) is 11.6 Å². The molecule has 0 spiro atoms. The highest BCUT2D eigenvalue weighted by Gasteiger charge is 2.25. The van der Waals surface area contributed by atoms with E-state index >= 15 is 0 Å². The summed E-state index contributed by atoms with van der Waals surface area (Å²) in [7, 11) is 0. The molecule has 4 aromatic rings. The number of H-pyrrole nitrogens is 1. The smallest absolute Gasteiger partial charge is 0.225 e. The third kappa shape index (κ3) is 3.83. The van der Waals surface area contributed by atoms with Crippen molar-refractivity contribution in [2.45, 2.75) is 38.6 Å². The summed E-state index contributed by atoms with van der Waals surface area (Å²) >= 11 is 0. The lowest BCUT2D eigenvalue weighted by Crippen LogP contribution is -2.11. The van der Waals surface area contributed by atoms with Gasteiger partial charge in [-0.2, -0.15) is 10.1 Å². The Morgan fingerprint density at radius 2 is 1.87 bits per heavy atom. The molecule has 0 aliphatic heterocycles. The van der Waals surface area contributed by atoms with Gasteiger partial charge in [0.1, 0.15) is 11.6 Å². The first-order valence-corrected chi connectivity index (χ1v) is 10.2. The molecule has 2 heterocycles. The number of nitrogens with zero attached hydrogens (tertiary/aromatic N) is 3. The first-order chi connectivity index (χ1) is 14.5. The zero-order valence-corrected chi connectivity index (χ0v) is 16.9. The van der Waals surface area contributed by atoms with Crippen molar-refractivity contribution < 1.29 is 4.39 Å². The number of benzene rings is 2. The number of halogens is 1. The summed E-state index contributed by atoms with van der Waals surface area (Å²) < 4.78 is 13.2. The van der Waals surface area contributed by atoms with Gasteiger partial charge in [-0.3, -0.25) is 5.10 Å². The molecule has 1 saturated carbocycles. The van der Waals surface area contributed by atoms with Crippen LogP contribution in [0.15, 0.2) is 48.5 Å². The number of anilines is 3. The third-order valence-corrected chi connectivity index (χ3v) is 5.43. The molecule has 2 aromatic carbocycles.